The average Bonchev–Trinajstić information content (AvgIpc) is 2.75. The number of carbonyl (C=O) groups excluding carboxylic acids is 2. The zero-order valence-corrected chi connectivity index (χ0v) is 18.4. The maximum Gasteiger partial charge on any atom is 0.302 e. The first kappa shape index (κ1) is 23.5. The molecule has 0 aliphatic heterocycles. The first-order valence-corrected chi connectivity index (χ1v) is 10.6. The van der Waals surface area contributed by atoms with Gasteiger partial charge in [-0.1, -0.05) is 62.7 Å². The van der Waals surface area contributed by atoms with Crippen LogP contribution in [-0.4, -0.2) is 25.1 Å². The van der Waals surface area contributed by atoms with Gasteiger partial charge >= 0.3 is 5.97 Å². The van der Waals surface area contributed by atoms with E-state index in [9.17, 15) is 9.59 Å². The Balaban J connectivity index is 2.06. The van der Waals surface area contributed by atoms with E-state index in [0.717, 1.165) is 29.7 Å². The topological polar surface area (TPSA) is 64.6 Å². The number of carbonyl (C=O) groups is 2. The number of rotatable bonds is 11. The first-order chi connectivity index (χ1) is 14.4. The zero-order valence-electron chi connectivity index (χ0n) is 18.4. The van der Waals surface area contributed by atoms with Crippen LogP contribution in [0.3, 0.4) is 0 Å². The smallest absolute Gasteiger partial charge is 0.302 e. The van der Waals surface area contributed by atoms with Gasteiger partial charge in [-0.2, -0.15) is 0 Å². The molecule has 0 aliphatic carbocycles. The Labute approximate surface area is 179 Å². The highest BCUT2D eigenvalue weighted by Crippen LogP contribution is 2.22. The van der Waals surface area contributed by atoms with E-state index in [-0.39, 0.29) is 24.4 Å². The molecule has 0 radical (unpaired) electrons. The van der Waals surface area contributed by atoms with Gasteiger partial charge in [-0.3, -0.25) is 9.59 Å². The van der Waals surface area contributed by atoms with Gasteiger partial charge in [-0.25, -0.2) is 0 Å². The van der Waals surface area contributed by atoms with Crippen LogP contribution in [0, 0.1) is 5.92 Å². The monoisotopic (exact) mass is 411 g/mol. The summed E-state index contributed by atoms with van der Waals surface area (Å²) in [6.07, 6.45) is 2.27. The molecule has 0 spiro atoms. The van der Waals surface area contributed by atoms with Gasteiger partial charge in [-0.05, 0) is 42.5 Å². The molecule has 0 saturated heterocycles. The third-order valence-corrected chi connectivity index (χ3v) is 5.06. The largest absolute Gasteiger partial charge is 0.493 e. The number of ether oxygens (including phenoxy) is 2. The van der Waals surface area contributed by atoms with Gasteiger partial charge in [-0.15, -0.1) is 0 Å². The second-order valence-electron chi connectivity index (χ2n) is 7.77. The molecule has 0 aromatic heterocycles. The highest BCUT2D eigenvalue weighted by molar-refractivity contribution is 5.83. The molecule has 5 nitrogen and oxygen atoms in total. The summed E-state index contributed by atoms with van der Waals surface area (Å²) in [6, 6.07) is 16.8. The van der Waals surface area contributed by atoms with E-state index in [4.69, 9.17) is 9.47 Å². The molecule has 0 fully saturated rings. The van der Waals surface area contributed by atoms with E-state index >= 15 is 0 Å². The van der Waals surface area contributed by atoms with Crippen LogP contribution in [0.5, 0.6) is 5.75 Å². The number of esters is 1. The molecule has 2 rings (SSSR count). The molecule has 162 valence electrons. The molecule has 0 bridgehead atoms. The van der Waals surface area contributed by atoms with Crippen LogP contribution in [0.25, 0.3) is 0 Å². The lowest BCUT2D eigenvalue weighted by atomic mass is 9.99. The van der Waals surface area contributed by atoms with Gasteiger partial charge in [0.2, 0.25) is 5.91 Å². The molecule has 0 heterocycles. The van der Waals surface area contributed by atoms with Crippen molar-refractivity contribution in [1.29, 1.82) is 0 Å². The van der Waals surface area contributed by atoms with Crippen molar-refractivity contribution in [1.82, 2.24) is 5.32 Å². The van der Waals surface area contributed by atoms with E-state index in [1.165, 1.54) is 6.92 Å². The van der Waals surface area contributed by atoms with Crippen LogP contribution in [0.2, 0.25) is 0 Å². The Hall–Kier alpha value is -2.82. The van der Waals surface area contributed by atoms with Crippen molar-refractivity contribution in [2.24, 2.45) is 5.92 Å². The lowest BCUT2D eigenvalue weighted by Crippen LogP contribution is -2.34. The van der Waals surface area contributed by atoms with Crippen LogP contribution >= 0.6 is 0 Å². The van der Waals surface area contributed by atoms with E-state index in [2.05, 4.69) is 19.2 Å². The van der Waals surface area contributed by atoms with E-state index in [1.807, 2.05) is 61.5 Å². The summed E-state index contributed by atoms with van der Waals surface area (Å²) in [5.41, 5.74) is 1.80. The van der Waals surface area contributed by atoms with Crippen LogP contribution in [0.4, 0.5) is 0 Å². The Morgan fingerprint density at radius 3 is 2.20 bits per heavy atom. The minimum atomic E-state index is -0.430. The minimum absolute atomic E-state index is 0.0797. The molecule has 5 heteroatoms. The van der Waals surface area contributed by atoms with Crippen molar-refractivity contribution >= 4 is 11.9 Å². The molecular formula is C25H33NO4. The fourth-order valence-corrected chi connectivity index (χ4v) is 3.22. The second-order valence-corrected chi connectivity index (χ2v) is 7.77. The third kappa shape index (κ3) is 7.54. The third-order valence-electron chi connectivity index (χ3n) is 5.06. The van der Waals surface area contributed by atoms with Crippen LogP contribution in [0.1, 0.15) is 63.6 Å². The quantitative estimate of drug-likeness (QED) is 0.527. The molecule has 1 N–H and O–H groups in total. The van der Waals surface area contributed by atoms with Crippen molar-refractivity contribution in [3.8, 4) is 5.75 Å². The SMILES string of the molecule is CCCC(C)COc1ccc(C(COC(C)=O)NC(=O)C(C)c2ccccc2)cc1. The minimum Gasteiger partial charge on any atom is -0.493 e. The summed E-state index contributed by atoms with van der Waals surface area (Å²) >= 11 is 0. The lowest BCUT2D eigenvalue weighted by Gasteiger charge is -2.22. The number of nitrogens with one attached hydrogen (secondary N) is 1. The van der Waals surface area contributed by atoms with Gasteiger partial charge in [0.1, 0.15) is 12.4 Å². The summed E-state index contributed by atoms with van der Waals surface area (Å²) < 4.78 is 11.1. The van der Waals surface area contributed by atoms with Crippen molar-refractivity contribution in [2.75, 3.05) is 13.2 Å². The lowest BCUT2D eigenvalue weighted by molar-refractivity contribution is -0.142. The summed E-state index contributed by atoms with van der Waals surface area (Å²) in [4.78, 5) is 24.1. The molecule has 3 atom stereocenters. The fourth-order valence-electron chi connectivity index (χ4n) is 3.22. The van der Waals surface area contributed by atoms with E-state index < -0.39 is 6.04 Å². The molecule has 2 aromatic rings. The average molecular weight is 412 g/mol. The van der Waals surface area contributed by atoms with E-state index in [1.54, 1.807) is 0 Å². The van der Waals surface area contributed by atoms with Crippen molar-refractivity contribution < 1.29 is 19.1 Å². The van der Waals surface area contributed by atoms with Crippen LogP contribution < -0.4 is 10.1 Å². The van der Waals surface area contributed by atoms with Gasteiger partial charge in [0.05, 0.1) is 18.6 Å². The summed E-state index contributed by atoms with van der Waals surface area (Å²) in [6.45, 7) is 8.32. The number of amides is 1. The Kier molecular flexibility index (Phi) is 9.39. The molecule has 0 saturated carbocycles. The molecule has 1 amide bonds. The molecule has 30 heavy (non-hydrogen) atoms. The predicted octanol–water partition coefficient (Wildman–Crippen LogP) is 5.03. The number of hydrogen-bond acceptors (Lipinski definition) is 4. The van der Waals surface area contributed by atoms with Gasteiger partial charge in [0.25, 0.3) is 0 Å². The second kappa shape index (κ2) is 12.0. The van der Waals surface area contributed by atoms with Crippen LogP contribution in [-0.2, 0) is 14.3 Å². The van der Waals surface area contributed by atoms with Gasteiger partial charge in [0.15, 0.2) is 0 Å². The Morgan fingerprint density at radius 1 is 0.933 bits per heavy atom. The van der Waals surface area contributed by atoms with Gasteiger partial charge in [0, 0.05) is 6.92 Å². The van der Waals surface area contributed by atoms with Crippen LogP contribution in [0.15, 0.2) is 54.6 Å². The summed E-state index contributed by atoms with van der Waals surface area (Å²) in [5, 5.41) is 3.02. The number of hydrogen-bond donors (Lipinski definition) is 1. The van der Waals surface area contributed by atoms with E-state index in [0.29, 0.717) is 12.5 Å². The van der Waals surface area contributed by atoms with Crippen molar-refractivity contribution in [2.45, 2.75) is 52.5 Å². The van der Waals surface area contributed by atoms with Crippen molar-refractivity contribution in [3.63, 3.8) is 0 Å². The predicted molar refractivity (Wildman–Crippen MR) is 118 cm³/mol. The Bertz CT molecular complexity index is 789. The van der Waals surface area contributed by atoms with Gasteiger partial charge < -0.3 is 14.8 Å². The fraction of sp³-hybridized carbons (Fsp3) is 0.440. The maximum atomic E-state index is 12.8. The highest BCUT2D eigenvalue weighted by Gasteiger charge is 2.21. The Morgan fingerprint density at radius 2 is 1.60 bits per heavy atom. The maximum absolute atomic E-state index is 12.8. The molecule has 3 unspecified atom stereocenters. The molecule has 2 aromatic carbocycles. The summed E-state index contributed by atoms with van der Waals surface area (Å²) in [7, 11) is 0. The summed E-state index contributed by atoms with van der Waals surface area (Å²) in [5.74, 6) is 0.484. The highest BCUT2D eigenvalue weighted by atomic mass is 16.5. The molecular weight excluding hydrogens is 378 g/mol. The first-order valence-electron chi connectivity index (χ1n) is 10.6. The normalized spacial score (nSPS) is 13.7. The molecule has 0 aliphatic rings. The standard InChI is InChI=1S/C25H33NO4/c1-5-9-18(2)16-30-23-14-12-22(13-15-23)24(17-29-20(4)27)26-25(28)19(3)21-10-7-6-8-11-21/h6-8,10-15,18-19,24H,5,9,16-17H2,1-4H3,(H,26,28). The number of benzene rings is 2. The van der Waals surface area contributed by atoms with Crippen molar-refractivity contribution in [3.05, 3.63) is 65.7 Å². The zero-order chi connectivity index (χ0) is 21.9.